The van der Waals surface area contributed by atoms with Crippen LogP contribution in [-0.2, 0) is 6.42 Å². The van der Waals surface area contributed by atoms with E-state index < -0.39 is 11.6 Å². The van der Waals surface area contributed by atoms with Crippen molar-refractivity contribution in [2.24, 2.45) is 11.7 Å². The average molecular weight is 278 g/mol. The van der Waals surface area contributed by atoms with Crippen LogP contribution in [0.15, 0.2) is 12.1 Å². The number of ether oxygens (including phenoxy) is 1. The van der Waals surface area contributed by atoms with Gasteiger partial charge in [-0.15, -0.1) is 12.4 Å². The molecule has 1 aliphatic carbocycles. The van der Waals surface area contributed by atoms with Crippen molar-refractivity contribution < 1.29 is 13.5 Å². The number of benzene rings is 1. The molecule has 1 fully saturated rings. The molecular weight excluding hydrogens is 260 g/mol. The largest absolute Gasteiger partial charge is 0.490 e. The second kappa shape index (κ2) is 6.34. The van der Waals surface area contributed by atoms with E-state index in [1.54, 1.807) is 6.92 Å². The Balaban J connectivity index is 0.00000162. The highest BCUT2D eigenvalue weighted by Crippen LogP contribution is 2.32. The van der Waals surface area contributed by atoms with Crippen LogP contribution in [0.3, 0.4) is 0 Å². The van der Waals surface area contributed by atoms with Gasteiger partial charge in [0.25, 0.3) is 0 Å². The smallest absolute Gasteiger partial charge is 0.168 e. The van der Waals surface area contributed by atoms with Crippen LogP contribution < -0.4 is 10.5 Å². The van der Waals surface area contributed by atoms with E-state index in [4.69, 9.17) is 10.5 Å². The lowest BCUT2D eigenvalue weighted by Gasteiger charge is -2.14. The number of hydrogen-bond acceptors (Lipinski definition) is 2. The summed E-state index contributed by atoms with van der Waals surface area (Å²) in [4.78, 5) is 0. The first-order valence-corrected chi connectivity index (χ1v) is 5.92. The predicted molar refractivity (Wildman–Crippen MR) is 69.2 cm³/mol. The van der Waals surface area contributed by atoms with Crippen LogP contribution in [0.25, 0.3) is 0 Å². The average Bonchev–Trinajstić information content (AvgIpc) is 2.98. The Morgan fingerprint density at radius 3 is 2.61 bits per heavy atom. The monoisotopic (exact) mass is 277 g/mol. The first kappa shape index (κ1) is 15.2. The van der Waals surface area contributed by atoms with Crippen LogP contribution in [0.4, 0.5) is 8.78 Å². The van der Waals surface area contributed by atoms with E-state index >= 15 is 0 Å². The molecule has 1 unspecified atom stereocenters. The molecule has 0 aliphatic heterocycles. The topological polar surface area (TPSA) is 35.2 Å². The highest BCUT2D eigenvalue weighted by Gasteiger charge is 2.23. The minimum absolute atomic E-state index is 0. The molecule has 0 saturated heterocycles. The molecule has 18 heavy (non-hydrogen) atoms. The summed E-state index contributed by atoms with van der Waals surface area (Å²) in [6.45, 7) is 2.31. The van der Waals surface area contributed by atoms with Crippen molar-refractivity contribution in [2.75, 3.05) is 6.61 Å². The van der Waals surface area contributed by atoms with Crippen LogP contribution in [0.1, 0.15) is 25.3 Å². The molecule has 0 amide bonds. The summed E-state index contributed by atoms with van der Waals surface area (Å²) in [7, 11) is 0. The molecule has 0 spiro atoms. The third kappa shape index (κ3) is 4.10. The second-order valence-electron chi connectivity index (χ2n) is 4.81. The van der Waals surface area contributed by atoms with Crippen LogP contribution in [-0.4, -0.2) is 12.6 Å². The number of rotatable bonds is 5. The lowest BCUT2D eigenvalue weighted by Crippen LogP contribution is -2.19. The molecule has 1 aromatic rings. The molecule has 1 atom stereocenters. The molecule has 2 nitrogen and oxygen atoms in total. The van der Waals surface area contributed by atoms with E-state index in [0.717, 1.165) is 18.9 Å². The molecule has 2 rings (SSSR count). The molecule has 5 heteroatoms. The van der Waals surface area contributed by atoms with Crippen molar-refractivity contribution in [2.45, 2.75) is 32.2 Å². The van der Waals surface area contributed by atoms with Crippen LogP contribution >= 0.6 is 12.4 Å². The van der Waals surface area contributed by atoms with Crippen molar-refractivity contribution in [3.05, 3.63) is 29.3 Å². The van der Waals surface area contributed by atoms with Crippen molar-refractivity contribution in [3.63, 3.8) is 0 Å². The first-order valence-electron chi connectivity index (χ1n) is 5.92. The molecular formula is C13H18ClF2NO. The molecule has 0 bridgehead atoms. The van der Waals surface area contributed by atoms with E-state index in [0.29, 0.717) is 24.5 Å². The second-order valence-corrected chi connectivity index (χ2v) is 4.81. The number of nitrogens with two attached hydrogens (primary N) is 1. The Labute approximate surface area is 112 Å². The Kier molecular flexibility index (Phi) is 5.35. The molecule has 1 saturated carbocycles. The summed E-state index contributed by atoms with van der Waals surface area (Å²) < 4.78 is 32.2. The van der Waals surface area contributed by atoms with Crippen LogP contribution in [0, 0.1) is 17.6 Å². The fourth-order valence-electron chi connectivity index (χ4n) is 1.76. The van der Waals surface area contributed by atoms with Gasteiger partial charge in [0.2, 0.25) is 0 Å². The van der Waals surface area contributed by atoms with Gasteiger partial charge in [-0.1, -0.05) is 0 Å². The van der Waals surface area contributed by atoms with Gasteiger partial charge < -0.3 is 10.5 Å². The van der Waals surface area contributed by atoms with Gasteiger partial charge in [0.1, 0.15) is 5.82 Å². The Hall–Kier alpha value is -0.870. The molecule has 2 N–H and O–H groups in total. The predicted octanol–water partition coefficient (Wildman–Crippen LogP) is 3.07. The molecule has 1 aromatic carbocycles. The van der Waals surface area contributed by atoms with Gasteiger partial charge in [-0.05, 0) is 38.2 Å². The third-order valence-electron chi connectivity index (χ3n) is 2.79. The Morgan fingerprint density at radius 2 is 2.06 bits per heavy atom. The molecule has 0 heterocycles. The summed E-state index contributed by atoms with van der Waals surface area (Å²) in [6.07, 6.45) is 2.67. The summed E-state index contributed by atoms with van der Waals surface area (Å²) in [5.74, 6) is -0.531. The fourth-order valence-corrected chi connectivity index (χ4v) is 1.76. The molecule has 0 aromatic heterocycles. The molecule has 0 radical (unpaired) electrons. The van der Waals surface area contributed by atoms with Crippen molar-refractivity contribution in [1.29, 1.82) is 0 Å². The minimum atomic E-state index is -0.638. The maximum atomic E-state index is 13.6. The van der Waals surface area contributed by atoms with E-state index in [1.807, 2.05) is 0 Å². The summed E-state index contributed by atoms with van der Waals surface area (Å²) in [5, 5.41) is 0. The van der Waals surface area contributed by atoms with Gasteiger partial charge in [0.05, 0.1) is 6.61 Å². The molecule has 1 aliphatic rings. The zero-order chi connectivity index (χ0) is 12.4. The standard InChI is InChI=1S/C13H17F2NO.ClH/c1-8(16)4-10-5-11(14)6-12(15)13(10)17-7-9-2-3-9;/h5-6,8-9H,2-4,7,16H2,1H3;1H. The molecule has 102 valence electrons. The quantitative estimate of drug-likeness (QED) is 0.898. The summed E-state index contributed by atoms with van der Waals surface area (Å²) in [6, 6.07) is 2.00. The van der Waals surface area contributed by atoms with E-state index in [2.05, 4.69) is 0 Å². The first-order chi connectivity index (χ1) is 8.06. The van der Waals surface area contributed by atoms with Gasteiger partial charge in [0.15, 0.2) is 11.6 Å². The lowest BCUT2D eigenvalue weighted by molar-refractivity contribution is 0.280. The van der Waals surface area contributed by atoms with Gasteiger partial charge in [-0.3, -0.25) is 0 Å². The van der Waals surface area contributed by atoms with Gasteiger partial charge in [0, 0.05) is 17.7 Å². The highest BCUT2D eigenvalue weighted by molar-refractivity contribution is 5.85. The lowest BCUT2D eigenvalue weighted by atomic mass is 10.1. The zero-order valence-corrected chi connectivity index (χ0v) is 11.1. The minimum Gasteiger partial charge on any atom is -0.490 e. The van der Waals surface area contributed by atoms with Crippen molar-refractivity contribution in [3.8, 4) is 5.75 Å². The highest BCUT2D eigenvalue weighted by atomic mass is 35.5. The van der Waals surface area contributed by atoms with Gasteiger partial charge in [-0.2, -0.15) is 0 Å². The van der Waals surface area contributed by atoms with Crippen LogP contribution in [0.5, 0.6) is 5.75 Å². The van der Waals surface area contributed by atoms with Gasteiger partial charge in [-0.25, -0.2) is 8.78 Å². The third-order valence-corrected chi connectivity index (χ3v) is 2.79. The van der Waals surface area contributed by atoms with E-state index in [-0.39, 0.29) is 24.2 Å². The van der Waals surface area contributed by atoms with E-state index in [1.165, 1.54) is 6.07 Å². The van der Waals surface area contributed by atoms with Crippen molar-refractivity contribution >= 4 is 12.4 Å². The van der Waals surface area contributed by atoms with E-state index in [9.17, 15) is 8.78 Å². The zero-order valence-electron chi connectivity index (χ0n) is 10.3. The maximum Gasteiger partial charge on any atom is 0.168 e. The van der Waals surface area contributed by atoms with Crippen molar-refractivity contribution in [1.82, 2.24) is 0 Å². The fraction of sp³-hybridized carbons (Fsp3) is 0.538. The SMILES string of the molecule is CC(N)Cc1cc(F)cc(F)c1OCC1CC1.Cl. The Morgan fingerprint density at radius 1 is 1.39 bits per heavy atom. The normalized spacial score (nSPS) is 16.0. The summed E-state index contributed by atoms with van der Waals surface area (Å²) in [5.41, 5.74) is 6.17. The number of hydrogen-bond donors (Lipinski definition) is 1. The van der Waals surface area contributed by atoms with Crippen LogP contribution in [0.2, 0.25) is 0 Å². The Bertz CT molecular complexity index is 408. The van der Waals surface area contributed by atoms with Gasteiger partial charge >= 0.3 is 0 Å². The number of halogens is 3. The summed E-state index contributed by atoms with van der Waals surface area (Å²) >= 11 is 0. The maximum absolute atomic E-state index is 13.6.